The van der Waals surface area contributed by atoms with Crippen molar-refractivity contribution in [1.82, 2.24) is 24.8 Å². The van der Waals surface area contributed by atoms with E-state index >= 15 is 0 Å². The molecule has 1 atom stereocenters. The first-order chi connectivity index (χ1) is 13.8. The number of rotatable bonds is 6. The highest BCUT2D eigenvalue weighted by Gasteiger charge is 2.53. The van der Waals surface area contributed by atoms with Crippen LogP contribution in [-0.2, 0) is 16.0 Å². The summed E-state index contributed by atoms with van der Waals surface area (Å²) in [6.45, 7) is 3.42. The third kappa shape index (κ3) is 3.74. The first-order valence-electron chi connectivity index (χ1n) is 8.79. The molecule has 1 fully saturated rings. The number of amidine groups is 1. The molecule has 0 radical (unpaired) electrons. The van der Waals surface area contributed by atoms with E-state index in [4.69, 9.17) is 0 Å². The van der Waals surface area contributed by atoms with Crippen LogP contribution >= 0.6 is 0 Å². The summed E-state index contributed by atoms with van der Waals surface area (Å²) in [4.78, 5) is 40.3. The average molecular weight is 396 g/mol. The van der Waals surface area contributed by atoms with Gasteiger partial charge in [0.15, 0.2) is 0 Å². The minimum absolute atomic E-state index is 0.181. The Kier molecular flexibility index (Phi) is 5.47. The van der Waals surface area contributed by atoms with Crippen LogP contribution in [0.25, 0.3) is 0 Å². The van der Waals surface area contributed by atoms with Gasteiger partial charge in [-0.1, -0.05) is 35.6 Å². The van der Waals surface area contributed by atoms with Gasteiger partial charge in [-0.2, -0.15) is 10.0 Å². The molecule has 29 heavy (non-hydrogen) atoms. The maximum atomic E-state index is 12.4. The normalized spacial score (nSPS) is 18.3. The van der Waals surface area contributed by atoms with E-state index in [0.717, 1.165) is 4.90 Å². The maximum Gasteiger partial charge on any atom is 0.389 e. The lowest BCUT2D eigenvalue weighted by Crippen LogP contribution is -2.63. The first kappa shape index (κ1) is 19.8. The van der Waals surface area contributed by atoms with Gasteiger partial charge in [0.25, 0.3) is 24.2 Å². The summed E-state index contributed by atoms with van der Waals surface area (Å²) >= 11 is 0. The number of benzene rings is 1. The van der Waals surface area contributed by atoms with E-state index in [-0.39, 0.29) is 18.1 Å². The number of carbonyl (C=O) groups excluding carboxylic acids is 3. The molecule has 2 aliphatic rings. The molecule has 150 valence electrons. The van der Waals surface area contributed by atoms with Crippen molar-refractivity contribution in [2.75, 3.05) is 20.6 Å². The molecule has 1 aromatic rings. The summed E-state index contributed by atoms with van der Waals surface area (Å²) in [5.74, 6) is -0.880. The number of nitrogens with one attached hydrogen (secondary N) is 1. The number of hydrazone groups is 1. The molecular formula is C19H20N6O4. The van der Waals surface area contributed by atoms with Gasteiger partial charge >= 0.3 is 11.9 Å². The fourth-order valence-electron chi connectivity index (χ4n) is 3.07. The van der Waals surface area contributed by atoms with Crippen molar-refractivity contribution in [2.45, 2.75) is 12.5 Å². The molecule has 0 aromatic heterocycles. The molecule has 1 saturated heterocycles. The van der Waals surface area contributed by atoms with Gasteiger partial charge in [-0.3, -0.25) is 19.4 Å². The van der Waals surface area contributed by atoms with Crippen molar-refractivity contribution in [3.05, 3.63) is 42.0 Å². The summed E-state index contributed by atoms with van der Waals surface area (Å²) in [7, 11) is 2.89. The predicted molar refractivity (Wildman–Crippen MR) is 105 cm³/mol. The highest BCUT2D eigenvalue weighted by atomic mass is 16.3. The van der Waals surface area contributed by atoms with Gasteiger partial charge in [0.05, 0.1) is 13.3 Å². The third-order valence-electron chi connectivity index (χ3n) is 4.61. The standard InChI is InChI=1S/C19H20N6O4/c1-4-6-12-7-5-8-13(16(12)27)9-21-22-14(26)10-25-11-20-17-15(25)18(28)24(3)19(29)23(17)2/h4-5,7-9,11,15H,1,6,10H2,2-3H3,(H-,21,22,26,27). The maximum absolute atomic E-state index is 12.4. The molecule has 10 nitrogen and oxygen atoms in total. The quantitative estimate of drug-likeness (QED) is 0.275. The van der Waals surface area contributed by atoms with Crippen molar-refractivity contribution in [2.24, 2.45) is 5.10 Å². The summed E-state index contributed by atoms with van der Waals surface area (Å²) < 4.78 is 4.08. The summed E-state index contributed by atoms with van der Waals surface area (Å²) in [5.41, 5.74) is 3.26. The molecule has 1 N–H and O–H groups in total. The molecule has 0 saturated carbocycles. The van der Waals surface area contributed by atoms with E-state index in [0.29, 0.717) is 17.5 Å². The van der Waals surface area contributed by atoms with Crippen LogP contribution in [0.5, 0.6) is 5.75 Å². The second-order valence-corrected chi connectivity index (χ2v) is 6.54. The molecule has 10 heteroatoms. The van der Waals surface area contributed by atoms with E-state index in [9.17, 15) is 19.5 Å². The average Bonchev–Trinajstić information content (AvgIpc) is 3.11. The second kappa shape index (κ2) is 7.99. The highest BCUT2D eigenvalue weighted by Crippen LogP contribution is 2.18. The Morgan fingerprint density at radius 1 is 1.34 bits per heavy atom. The van der Waals surface area contributed by atoms with E-state index in [2.05, 4.69) is 21.8 Å². The minimum atomic E-state index is -0.846. The number of hydrogen-bond donors (Lipinski definition) is 1. The Labute approximate surface area is 167 Å². The molecule has 0 bridgehead atoms. The molecular weight excluding hydrogens is 376 g/mol. The van der Waals surface area contributed by atoms with E-state index < -0.39 is 23.9 Å². The SMILES string of the molecule is C=CCc1cccc(/C=N/NC(=O)CN2C=[N+]=C3C2C(=O)N(C)C(=O)N3C)c1[O-]. The second-order valence-electron chi connectivity index (χ2n) is 6.54. The van der Waals surface area contributed by atoms with Crippen molar-refractivity contribution in [1.29, 1.82) is 0 Å². The number of carbonyl (C=O) groups is 3. The number of imide groups is 1. The van der Waals surface area contributed by atoms with Crippen molar-refractivity contribution in [3.63, 3.8) is 0 Å². The molecule has 0 aliphatic carbocycles. The Hall–Kier alpha value is -3.91. The molecule has 1 aromatic carbocycles. The summed E-state index contributed by atoms with van der Waals surface area (Å²) in [5, 5.41) is 16.1. The Balaban J connectivity index is 1.62. The Morgan fingerprint density at radius 3 is 2.83 bits per heavy atom. The predicted octanol–water partition coefficient (Wildman–Crippen LogP) is -1.36. The van der Waals surface area contributed by atoms with Crippen LogP contribution in [0.1, 0.15) is 11.1 Å². The van der Waals surface area contributed by atoms with Gasteiger partial charge in [-0.25, -0.2) is 14.9 Å². The zero-order chi connectivity index (χ0) is 21.1. The molecule has 3 rings (SSSR count). The van der Waals surface area contributed by atoms with Crippen LogP contribution in [0.4, 0.5) is 4.79 Å². The Morgan fingerprint density at radius 2 is 2.10 bits per heavy atom. The van der Waals surface area contributed by atoms with Gasteiger partial charge in [0.2, 0.25) is 0 Å². The molecule has 2 heterocycles. The number of nitrogens with zero attached hydrogens (tertiary/aromatic N) is 5. The van der Waals surface area contributed by atoms with Crippen LogP contribution < -0.4 is 15.2 Å². The van der Waals surface area contributed by atoms with Crippen LogP contribution in [0.3, 0.4) is 0 Å². The van der Waals surface area contributed by atoms with Crippen LogP contribution in [-0.4, -0.2) is 77.6 Å². The van der Waals surface area contributed by atoms with E-state index in [1.165, 1.54) is 36.4 Å². The third-order valence-corrected chi connectivity index (χ3v) is 4.61. The largest absolute Gasteiger partial charge is 0.872 e. The van der Waals surface area contributed by atoms with Gasteiger partial charge in [-0.05, 0) is 12.0 Å². The number of para-hydroxylation sites is 1. The first-order valence-corrected chi connectivity index (χ1v) is 8.79. The van der Waals surface area contributed by atoms with Crippen molar-refractivity contribution in [3.8, 4) is 5.75 Å². The molecule has 2 aliphatic heterocycles. The van der Waals surface area contributed by atoms with Gasteiger partial charge < -0.3 is 5.11 Å². The lowest BCUT2D eigenvalue weighted by molar-refractivity contribution is -0.269. The molecule has 1 unspecified atom stereocenters. The van der Waals surface area contributed by atoms with Gasteiger partial charge in [-0.15, -0.1) is 6.58 Å². The molecule has 4 amide bonds. The fraction of sp³-hybridized carbons (Fsp3) is 0.263. The topological polar surface area (TPSA) is 122 Å². The van der Waals surface area contributed by atoms with Crippen LogP contribution in [0, 0.1) is 0 Å². The van der Waals surface area contributed by atoms with Crippen molar-refractivity contribution < 1.29 is 19.5 Å². The lowest BCUT2D eigenvalue weighted by Gasteiger charge is -2.29. The summed E-state index contributed by atoms with van der Waals surface area (Å²) in [6.07, 6.45) is 4.70. The smallest absolute Gasteiger partial charge is 0.389 e. The fourth-order valence-corrected chi connectivity index (χ4v) is 3.07. The molecule has 0 spiro atoms. The number of allylic oxidation sites excluding steroid dienone is 1. The number of fused-ring (bicyclic) bond motifs is 1. The van der Waals surface area contributed by atoms with Gasteiger partial charge in [0, 0.05) is 7.05 Å². The number of amides is 4. The highest BCUT2D eigenvalue weighted by molar-refractivity contribution is 6.22. The Bertz CT molecular complexity index is 979. The van der Waals surface area contributed by atoms with E-state index in [1.807, 2.05) is 0 Å². The zero-order valence-electron chi connectivity index (χ0n) is 16.0. The lowest BCUT2D eigenvalue weighted by atomic mass is 10.1. The number of likely N-dealkylation sites (N-methyl/N-ethyl adjacent to an activating group) is 2. The van der Waals surface area contributed by atoms with E-state index in [1.54, 1.807) is 24.3 Å². The van der Waals surface area contributed by atoms with Crippen LogP contribution in [0.15, 0.2) is 36.0 Å². The monoisotopic (exact) mass is 396 g/mol. The summed E-state index contributed by atoms with van der Waals surface area (Å²) in [6, 6.07) is 3.70. The number of hydrogen-bond acceptors (Lipinski definition) is 6. The minimum Gasteiger partial charge on any atom is -0.872 e. The van der Waals surface area contributed by atoms with Crippen molar-refractivity contribution >= 4 is 36.2 Å². The zero-order valence-corrected chi connectivity index (χ0v) is 16.0. The van der Waals surface area contributed by atoms with Crippen LogP contribution in [0.2, 0.25) is 0 Å². The van der Waals surface area contributed by atoms with Gasteiger partial charge in [0.1, 0.15) is 6.54 Å². The number of urea groups is 1.